The average Bonchev–Trinajstić information content (AvgIpc) is 2.86. The lowest BCUT2D eigenvalue weighted by molar-refractivity contribution is -0.0510. The SMILES string of the molecule is O=C1OC[C@@H](c2ccccc2)N1[C@@H]1OCCCCC[C@H]1I. The zero-order valence-electron chi connectivity index (χ0n) is 11.9. The molecule has 4 nitrogen and oxygen atoms in total. The van der Waals surface area contributed by atoms with Crippen LogP contribution in [0.3, 0.4) is 0 Å². The topological polar surface area (TPSA) is 38.8 Å². The normalized spacial score (nSPS) is 30.6. The summed E-state index contributed by atoms with van der Waals surface area (Å²) in [4.78, 5) is 14.0. The number of benzene rings is 1. The fraction of sp³-hybridized carbons (Fsp3) is 0.562. The zero-order chi connectivity index (χ0) is 14.7. The lowest BCUT2D eigenvalue weighted by Gasteiger charge is -2.35. The molecule has 0 bridgehead atoms. The van der Waals surface area contributed by atoms with Crippen molar-refractivity contribution in [3.05, 3.63) is 35.9 Å². The van der Waals surface area contributed by atoms with Crippen molar-refractivity contribution in [1.82, 2.24) is 4.90 Å². The Labute approximate surface area is 138 Å². The first-order chi connectivity index (χ1) is 10.3. The van der Waals surface area contributed by atoms with Crippen molar-refractivity contribution < 1.29 is 14.3 Å². The van der Waals surface area contributed by atoms with Crippen LogP contribution < -0.4 is 0 Å². The smallest absolute Gasteiger partial charge is 0.412 e. The number of rotatable bonds is 2. The van der Waals surface area contributed by atoms with Gasteiger partial charge in [-0.3, -0.25) is 4.90 Å². The lowest BCUT2D eigenvalue weighted by Crippen LogP contribution is -2.45. The Morgan fingerprint density at radius 1 is 1.14 bits per heavy atom. The van der Waals surface area contributed by atoms with Gasteiger partial charge in [0.05, 0.1) is 9.97 Å². The Hall–Kier alpha value is -0.820. The molecule has 3 atom stereocenters. The van der Waals surface area contributed by atoms with E-state index in [0.29, 0.717) is 10.5 Å². The van der Waals surface area contributed by atoms with Crippen LogP contribution in [0.5, 0.6) is 0 Å². The van der Waals surface area contributed by atoms with Crippen molar-refractivity contribution in [2.75, 3.05) is 13.2 Å². The second kappa shape index (κ2) is 6.96. The third-order valence-corrected chi connectivity index (χ3v) is 5.33. The summed E-state index contributed by atoms with van der Waals surface area (Å²) in [7, 11) is 0. The van der Waals surface area contributed by atoms with E-state index in [0.717, 1.165) is 25.0 Å². The number of hydrogen-bond donors (Lipinski definition) is 0. The monoisotopic (exact) mass is 401 g/mol. The summed E-state index contributed by atoms with van der Waals surface area (Å²) in [5, 5.41) is 0. The zero-order valence-corrected chi connectivity index (χ0v) is 14.1. The number of hydrogen-bond acceptors (Lipinski definition) is 3. The highest BCUT2D eigenvalue weighted by molar-refractivity contribution is 14.1. The third kappa shape index (κ3) is 3.34. The molecule has 0 aromatic heterocycles. The molecule has 2 aliphatic heterocycles. The first kappa shape index (κ1) is 15.1. The quantitative estimate of drug-likeness (QED) is 0.558. The van der Waals surface area contributed by atoms with Gasteiger partial charge >= 0.3 is 6.09 Å². The maximum Gasteiger partial charge on any atom is 0.412 e. The van der Waals surface area contributed by atoms with Crippen molar-refractivity contribution in [3.8, 4) is 0 Å². The Morgan fingerprint density at radius 2 is 1.95 bits per heavy atom. The largest absolute Gasteiger partial charge is 0.447 e. The summed E-state index contributed by atoms with van der Waals surface area (Å²) in [5.41, 5.74) is 1.11. The predicted molar refractivity (Wildman–Crippen MR) is 88.4 cm³/mol. The van der Waals surface area contributed by atoms with Gasteiger partial charge in [-0.2, -0.15) is 0 Å². The van der Waals surface area contributed by atoms with Gasteiger partial charge in [-0.25, -0.2) is 4.79 Å². The average molecular weight is 401 g/mol. The highest BCUT2D eigenvalue weighted by atomic mass is 127. The molecular weight excluding hydrogens is 381 g/mol. The molecule has 1 aromatic rings. The van der Waals surface area contributed by atoms with E-state index in [4.69, 9.17) is 9.47 Å². The van der Waals surface area contributed by atoms with Crippen molar-refractivity contribution in [2.24, 2.45) is 0 Å². The maximum atomic E-state index is 12.2. The van der Waals surface area contributed by atoms with Gasteiger partial charge in [-0.05, 0) is 18.4 Å². The molecular formula is C16H20INO3. The standard InChI is InChI=1S/C16H20INO3/c17-13-9-5-2-6-10-20-15(13)18-14(11-21-16(18)19)12-7-3-1-4-8-12/h1,3-4,7-8,13-15H,2,5-6,9-11H2/t13-,14+,15-/m1/s1. The lowest BCUT2D eigenvalue weighted by atomic mass is 10.0. The maximum absolute atomic E-state index is 12.2. The Balaban J connectivity index is 1.84. The van der Waals surface area contributed by atoms with Crippen LogP contribution in [0.25, 0.3) is 0 Å². The minimum atomic E-state index is -0.254. The Kier molecular flexibility index (Phi) is 5.00. The van der Waals surface area contributed by atoms with Gasteiger partial charge < -0.3 is 9.47 Å². The number of ether oxygens (including phenoxy) is 2. The number of amides is 1. The van der Waals surface area contributed by atoms with Gasteiger partial charge in [0.2, 0.25) is 0 Å². The third-order valence-electron chi connectivity index (χ3n) is 4.09. The predicted octanol–water partition coefficient (Wildman–Crippen LogP) is 3.90. The van der Waals surface area contributed by atoms with Crippen molar-refractivity contribution in [2.45, 2.75) is 41.9 Å². The summed E-state index contributed by atoms with van der Waals surface area (Å²) < 4.78 is 11.6. The number of nitrogens with zero attached hydrogens (tertiary/aromatic N) is 1. The van der Waals surface area contributed by atoms with Gasteiger partial charge in [-0.1, -0.05) is 65.8 Å². The van der Waals surface area contributed by atoms with E-state index in [9.17, 15) is 4.79 Å². The van der Waals surface area contributed by atoms with Crippen LogP contribution in [-0.4, -0.2) is 34.4 Å². The van der Waals surface area contributed by atoms with Crippen LogP contribution in [0.1, 0.15) is 37.3 Å². The Morgan fingerprint density at radius 3 is 2.76 bits per heavy atom. The van der Waals surface area contributed by atoms with Crippen LogP contribution in [0.2, 0.25) is 0 Å². The van der Waals surface area contributed by atoms with Crippen LogP contribution >= 0.6 is 22.6 Å². The number of halogens is 1. The summed E-state index contributed by atoms with van der Waals surface area (Å²) in [6, 6.07) is 10.0. The van der Waals surface area contributed by atoms with E-state index >= 15 is 0 Å². The molecule has 2 heterocycles. The fourth-order valence-electron chi connectivity index (χ4n) is 2.97. The molecule has 2 saturated heterocycles. The molecule has 2 aliphatic rings. The second-order valence-electron chi connectivity index (χ2n) is 5.54. The summed E-state index contributed by atoms with van der Waals surface area (Å²) >= 11 is 2.42. The number of cyclic esters (lactones) is 1. The summed E-state index contributed by atoms with van der Waals surface area (Å²) in [6.45, 7) is 1.13. The van der Waals surface area contributed by atoms with Gasteiger partial charge in [0.15, 0.2) is 0 Å². The number of alkyl halides is 1. The molecule has 0 N–H and O–H groups in total. The van der Waals surface area contributed by atoms with Gasteiger partial charge in [0.25, 0.3) is 0 Å². The number of carbonyl (C=O) groups excluding carboxylic acids is 1. The summed E-state index contributed by atoms with van der Waals surface area (Å²) in [6.07, 6.45) is 4.11. The molecule has 1 aromatic carbocycles. The van der Waals surface area contributed by atoms with Crippen molar-refractivity contribution in [1.29, 1.82) is 0 Å². The van der Waals surface area contributed by atoms with E-state index < -0.39 is 0 Å². The molecule has 114 valence electrons. The van der Waals surface area contributed by atoms with Crippen LogP contribution in [0, 0.1) is 0 Å². The second-order valence-corrected chi connectivity index (χ2v) is 7.14. The molecule has 2 fully saturated rings. The van der Waals surface area contributed by atoms with E-state index in [1.807, 2.05) is 30.3 Å². The van der Waals surface area contributed by atoms with Crippen LogP contribution in [-0.2, 0) is 9.47 Å². The highest BCUT2D eigenvalue weighted by Gasteiger charge is 2.42. The molecule has 0 aliphatic carbocycles. The molecule has 0 saturated carbocycles. The van der Waals surface area contributed by atoms with E-state index in [1.54, 1.807) is 4.90 Å². The Bertz CT molecular complexity index is 482. The first-order valence-electron chi connectivity index (χ1n) is 7.53. The molecule has 21 heavy (non-hydrogen) atoms. The molecule has 1 amide bonds. The fourth-order valence-corrected chi connectivity index (χ4v) is 3.96. The highest BCUT2D eigenvalue weighted by Crippen LogP contribution is 2.34. The van der Waals surface area contributed by atoms with Crippen LogP contribution in [0.15, 0.2) is 30.3 Å². The summed E-state index contributed by atoms with van der Waals surface area (Å²) in [5.74, 6) is 0. The molecule has 5 heteroatoms. The minimum Gasteiger partial charge on any atom is -0.447 e. The molecule has 3 rings (SSSR count). The van der Waals surface area contributed by atoms with Crippen molar-refractivity contribution in [3.63, 3.8) is 0 Å². The van der Waals surface area contributed by atoms with Gasteiger partial charge in [-0.15, -0.1) is 0 Å². The van der Waals surface area contributed by atoms with Gasteiger partial charge in [0, 0.05) is 6.61 Å². The minimum absolute atomic E-state index is 0.0413. The van der Waals surface area contributed by atoms with Gasteiger partial charge in [0.1, 0.15) is 12.8 Å². The van der Waals surface area contributed by atoms with E-state index in [2.05, 4.69) is 22.6 Å². The molecule has 0 spiro atoms. The molecule has 0 radical (unpaired) electrons. The first-order valence-corrected chi connectivity index (χ1v) is 8.77. The number of carbonyl (C=O) groups is 1. The van der Waals surface area contributed by atoms with E-state index in [-0.39, 0.29) is 18.4 Å². The van der Waals surface area contributed by atoms with Crippen molar-refractivity contribution >= 4 is 28.7 Å². The molecule has 0 unspecified atom stereocenters. The van der Waals surface area contributed by atoms with Crippen LogP contribution in [0.4, 0.5) is 4.79 Å². The van der Waals surface area contributed by atoms with E-state index in [1.165, 1.54) is 12.8 Å².